The van der Waals surface area contributed by atoms with Gasteiger partial charge in [0.25, 0.3) is 0 Å². The molecular weight excluding hydrogens is 395 g/mol. The highest BCUT2D eigenvalue weighted by Gasteiger charge is 2.33. The van der Waals surface area contributed by atoms with Crippen molar-refractivity contribution in [2.45, 2.75) is 19.5 Å². The SMILES string of the molecule is CCNC(=NCCc1nc(C(F)(F)F)cs1)N1CCN(c2cccs2)CC1. The van der Waals surface area contributed by atoms with Crippen LogP contribution in [-0.4, -0.2) is 55.1 Å². The number of nitrogens with one attached hydrogen (secondary N) is 1. The van der Waals surface area contributed by atoms with Crippen LogP contribution in [0.2, 0.25) is 0 Å². The summed E-state index contributed by atoms with van der Waals surface area (Å²) in [5.41, 5.74) is -0.817. The van der Waals surface area contributed by atoms with Gasteiger partial charge in [0.05, 0.1) is 10.0 Å². The molecule has 3 heterocycles. The Morgan fingerprint density at radius 3 is 2.63 bits per heavy atom. The largest absolute Gasteiger partial charge is 0.434 e. The predicted molar refractivity (Wildman–Crippen MR) is 105 cm³/mol. The van der Waals surface area contributed by atoms with Crippen molar-refractivity contribution in [3.05, 3.63) is 33.6 Å². The third-order valence-electron chi connectivity index (χ3n) is 4.16. The van der Waals surface area contributed by atoms with Crippen LogP contribution in [0.3, 0.4) is 0 Å². The molecule has 0 unspecified atom stereocenters. The van der Waals surface area contributed by atoms with E-state index in [4.69, 9.17) is 0 Å². The lowest BCUT2D eigenvalue weighted by Crippen LogP contribution is -2.52. The lowest BCUT2D eigenvalue weighted by atomic mass is 10.3. The number of hydrogen-bond donors (Lipinski definition) is 1. The quantitative estimate of drug-likeness (QED) is 0.597. The molecule has 148 valence electrons. The zero-order valence-electron chi connectivity index (χ0n) is 15.0. The standard InChI is InChI=1S/C17H22F3N5S2/c1-2-21-16(22-6-5-14-23-13(12-27-14)17(18,19)20)25-9-7-24(8-10-25)15-4-3-11-26-15/h3-4,11-12H,2,5-10H2,1H3,(H,21,22). The summed E-state index contributed by atoms with van der Waals surface area (Å²) in [6.45, 7) is 6.74. The lowest BCUT2D eigenvalue weighted by molar-refractivity contribution is -0.140. The number of alkyl halides is 3. The van der Waals surface area contributed by atoms with Gasteiger partial charge in [0.2, 0.25) is 0 Å². The molecular formula is C17H22F3N5S2. The summed E-state index contributed by atoms with van der Waals surface area (Å²) >= 11 is 2.78. The van der Waals surface area contributed by atoms with E-state index in [1.807, 2.05) is 6.92 Å². The first-order valence-corrected chi connectivity index (χ1v) is 10.6. The maximum atomic E-state index is 12.6. The van der Waals surface area contributed by atoms with Crippen LogP contribution in [0.15, 0.2) is 27.9 Å². The van der Waals surface area contributed by atoms with E-state index in [1.54, 1.807) is 11.3 Å². The number of nitrogens with zero attached hydrogens (tertiary/aromatic N) is 4. The van der Waals surface area contributed by atoms with Crippen molar-refractivity contribution in [1.82, 2.24) is 15.2 Å². The summed E-state index contributed by atoms with van der Waals surface area (Å²) < 4.78 is 37.9. The van der Waals surface area contributed by atoms with E-state index < -0.39 is 11.9 Å². The Hall–Kier alpha value is -1.81. The fourth-order valence-corrected chi connectivity index (χ4v) is 4.41. The minimum atomic E-state index is -4.38. The first-order chi connectivity index (χ1) is 13.0. The minimum Gasteiger partial charge on any atom is -0.360 e. The summed E-state index contributed by atoms with van der Waals surface area (Å²) in [6.07, 6.45) is -3.97. The van der Waals surface area contributed by atoms with Gasteiger partial charge in [-0.05, 0) is 24.4 Å². The van der Waals surface area contributed by atoms with Crippen LogP contribution in [0.4, 0.5) is 18.2 Å². The highest BCUT2D eigenvalue weighted by Crippen LogP contribution is 2.30. The molecule has 1 fully saturated rings. The number of halogens is 3. The molecule has 2 aromatic heterocycles. The summed E-state index contributed by atoms with van der Waals surface area (Å²) in [6, 6.07) is 4.18. The van der Waals surface area contributed by atoms with Crippen molar-refractivity contribution in [2.24, 2.45) is 4.99 Å². The molecule has 5 nitrogen and oxygen atoms in total. The lowest BCUT2D eigenvalue weighted by Gasteiger charge is -2.37. The molecule has 0 radical (unpaired) electrons. The van der Waals surface area contributed by atoms with Crippen molar-refractivity contribution in [2.75, 3.05) is 44.2 Å². The van der Waals surface area contributed by atoms with E-state index in [0.29, 0.717) is 18.0 Å². The molecule has 0 atom stereocenters. The fourth-order valence-electron chi connectivity index (χ4n) is 2.83. The predicted octanol–water partition coefficient (Wildman–Crippen LogP) is 3.55. The fraction of sp³-hybridized carbons (Fsp3) is 0.529. The van der Waals surface area contributed by atoms with Crippen LogP contribution in [0, 0.1) is 0 Å². The van der Waals surface area contributed by atoms with Gasteiger partial charge in [0, 0.05) is 51.1 Å². The first kappa shape index (κ1) is 19.9. The van der Waals surface area contributed by atoms with E-state index in [1.165, 1.54) is 5.00 Å². The van der Waals surface area contributed by atoms with E-state index >= 15 is 0 Å². The van der Waals surface area contributed by atoms with Gasteiger partial charge < -0.3 is 15.1 Å². The average molecular weight is 418 g/mol. The summed E-state index contributed by atoms with van der Waals surface area (Å²) in [4.78, 5) is 12.8. The molecule has 1 N–H and O–H groups in total. The van der Waals surface area contributed by atoms with Crippen LogP contribution in [0.5, 0.6) is 0 Å². The van der Waals surface area contributed by atoms with Crippen LogP contribution in [-0.2, 0) is 12.6 Å². The molecule has 0 spiro atoms. The summed E-state index contributed by atoms with van der Waals surface area (Å²) in [5.74, 6) is 0.816. The minimum absolute atomic E-state index is 0.408. The zero-order valence-corrected chi connectivity index (χ0v) is 16.6. The molecule has 0 aliphatic carbocycles. The van der Waals surface area contributed by atoms with Crippen molar-refractivity contribution in [3.8, 4) is 0 Å². The van der Waals surface area contributed by atoms with Gasteiger partial charge in [-0.25, -0.2) is 4.98 Å². The molecule has 1 aliphatic rings. The van der Waals surface area contributed by atoms with Crippen LogP contribution < -0.4 is 10.2 Å². The van der Waals surface area contributed by atoms with E-state index in [-0.39, 0.29) is 0 Å². The third-order valence-corrected chi connectivity index (χ3v) is 6.00. The average Bonchev–Trinajstić information content (AvgIpc) is 3.33. The second-order valence-corrected chi connectivity index (χ2v) is 7.90. The third kappa shape index (κ3) is 5.35. The maximum absolute atomic E-state index is 12.6. The van der Waals surface area contributed by atoms with Gasteiger partial charge in [-0.3, -0.25) is 4.99 Å². The Morgan fingerprint density at radius 2 is 2.04 bits per heavy atom. The molecule has 0 saturated carbocycles. The van der Waals surface area contributed by atoms with Crippen LogP contribution in [0.25, 0.3) is 0 Å². The summed E-state index contributed by atoms with van der Waals surface area (Å²) in [7, 11) is 0. The second kappa shape index (κ2) is 8.92. The number of piperazine rings is 1. The van der Waals surface area contributed by atoms with Gasteiger partial charge in [0.15, 0.2) is 11.7 Å². The maximum Gasteiger partial charge on any atom is 0.434 e. The molecule has 0 bridgehead atoms. The van der Waals surface area contributed by atoms with Gasteiger partial charge in [-0.1, -0.05) is 0 Å². The van der Waals surface area contributed by atoms with E-state index in [2.05, 4.69) is 42.6 Å². The molecule has 27 heavy (non-hydrogen) atoms. The highest BCUT2D eigenvalue weighted by molar-refractivity contribution is 7.14. The Morgan fingerprint density at radius 1 is 1.26 bits per heavy atom. The molecule has 0 amide bonds. The number of aliphatic imine (C=N–C) groups is 1. The number of anilines is 1. The smallest absolute Gasteiger partial charge is 0.360 e. The molecule has 2 aromatic rings. The van der Waals surface area contributed by atoms with Crippen molar-refractivity contribution in [3.63, 3.8) is 0 Å². The van der Waals surface area contributed by atoms with Crippen LogP contribution in [0.1, 0.15) is 17.6 Å². The van der Waals surface area contributed by atoms with Crippen molar-refractivity contribution in [1.29, 1.82) is 0 Å². The monoisotopic (exact) mass is 417 g/mol. The van der Waals surface area contributed by atoms with Gasteiger partial charge in [-0.15, -0.1) is 22.7 Å². The van der Waals surface area contributed by atoms with E-state index in [0.717, 1.165) is 55.4 Å². The second-order valence-electron chi connectivity index (χ2n) is 6.04. The Bertz CT molecular complexity index is 734. The first-order valence-electron chi connectivity index (χ1n) is 8.80. The normalized spacial score (nSPS) is 16.1. The Kier molecular flexibility index (Phi) is 6.59. The molecule has 3 rings (SSSR count). The van der Waals surface area contributed by atoms with Gasteiger partial charge >= 0.3 is 6.18 Å². The number of guanidine groups is 1. The number of rotatable bonds is 5. The molecule has 10 heteroatoms. The number of thiophene rings is 1. The molecule has 0 aromatic carbocycles. The summed E-state index contributed by atoms with van der Waals surface area (Å²) in [5, 5.41) is 8.16. The number of aromatic nitrogens is 1. The van der Waals surface area contributed by atoms with E-state index in [9.17, 15) is 13.2 Å². The molecule has 1 aliphatic heterocycles. The van der Waals surface area contributed by atoms with Gasteiger partial charge in [0.1, 0.15) is 0 Å². The topological polar surface area (TPSA) is 43.8 Å². The zero-order chi connectivity index (χ0) is 19.3. The molecule has 1 saturated heterocycles. The van der Waals surface area contributed by atoms with Crippen molar-refractivity contribution >= 4 is 33.6 Å². The Balaban J connectivity index is 1.54. The van der Waals surface area contributed by atoms with Crippen molar-refractivity contribution < 1.29 is 13.2 Å². The Labute approximate surface area is 164 Å². The number of hydrogen-bond acceptors (Lipinski definition) is 5. The van der Waals surface area contributed by atoms with Gasteiger partial charge in [-0.2, -0.15) is 13.2 Å². The number of thiazole rings is 1. The van der Waals surface area contributed by atoms with Crippen LogP contribution >= 0.6 is 22.7 Å². The highest BCUT2D eigenvalue weighted by atomic mass is 32.1.